The van der Waals surface area contributed by atoms with E-state index in [2.05, 4.69) is 48.3 Å². The van der Waals surface area contributed by atoms with Crippen LogP contribution in [0.2, 0.25) is 0 Å². The fourth-order valence-corrected chi connectivity index (χ4v) is 2.17. The molecule has 6 heteroatoms. The van der Waals surface area contributed by atoms with Crippen molar-refractivity contribution in [2.45, 2.75) is 27.2 Å². The minimum atomic E-state index is 0. The summed E-state index contributed by atoms with van der Waals surface area (Å²) in [6, 6.07) is 16.3. The van der Waals surface area contributed by atoms with Crippen LogP contribution in [0.4, 0.5) is 11.4 Å². The molecule has 0 amide bonds. The van der Waals surface area contributed by atoms with Crippen molar-refractivity contribution in [3.05, 3.63) is 59.7 Å². The Morgan fingerprint density at radius 2 is 1.50 bits per heavy atom. The van der Waals surface area contributed by atoms with Crippen molar-refractivity contribution in [3.63, 3.8) is 0 Å². The smallest absolute Gasteiger partial charge is 0.225 e. The fraction of sp³-hybridized carbons (Fsp3) is 0.222. The Balaban J connectivity index is 0.00000264. The molecule has 0 saturated heterocycles. The Labute approximate surface area is 178 Å². The number of hydrogen-bond donors (Lipinski definition) is 1. The molecule has 130 valence electrons. The van der Waals surface area contributed by atoms with Crippen molar-refractivity contribution in [3.8, 4) is 0 Å². The molecule has 2 aromatic carbocycles. The van der Waals surface area contributed by atoms with E-state index in [1.807, 2.05) is 36.1 Å². The largest absolute Gasteiger partial charge is 0.368 e. The van der Waals surface area contributed by atoms with E-state index in [1.165, 1.54) is 11.1 Å². The van der Waals surface area contributed by atoms with Crippen LogP contribution in [0.1, 0.15) is 24.5 Å². The van der Waals surface area contributed by atoms with Gasteiger partial charge in [-0.2, -0.15) is 5.10 Å². The topological polar surface area (TPSA) is 54.0 Å². The predicted molar refractivity (Wildman–Crippen MR) is 126 cm³/mol. The first-order valence-corrected chi connectivity index (χ1v) is 7.40. The highest BCUT2D eigenvalue weighted by Crippen LogP contribution is 2.26. The lowest BCUT2D eigenvalue weighted by Crippen LogP contribution is -2.33. The van der Waals surface area contributed by atoms with Crippen molar-refractivity contribution in [1.29, 1.82) is 0 Å². The summed E-state index contributed by atoms with van der Waals surface area (Å²) in [6.07, 6.45) is 2.56. The maximum atomic E-state index is 6.19. The highest BCUT2D eigenvalue weighted by molar-refractivity contribution is 14.0. The maximum absolute atomic E-state index is 6.19. The summed E-state index contributed by atoms with van der Waals surface area (Å²) in [5, 5.41) is 8.12. The summed E-state index contributed by atoms with van der Waals surface area (Å²) < 4.78 is 0. The van der Waals surface area contributed by atoms with Crippen LogP contribution in [-0.4, -0.2) is 12.2 Å². The van der Waals surface area contributed by atoms with Gasteiger partial charge in [0.2, 0.25) is 5.96 Å². The van der Waals surface area contributed by atoms with Crippen LogP contribution in [0.15, 0.2) is 58.7 Å². The van der Waals surface area contributed by atoms with Gasteiger partial charge in [-0.3, -0.25) is 4.90 Å². The van der Waals surface area contributed by atoms with E-state index in [0.29, 0.717) is 5.96 Å². The lowest BCUT2D eigenvalue weighted by Gasteiger charge is -2.24. The number of aryl methyl sites for hydroxylation is 2. The number of guanidine groups is 1. The third-order valence-corrected chi connectivity index (χ3v) is 3.17. The van der Waals surface area contributed by atoms with Gasteiger partial charge in [0.15, 0.2) is 0 Å². The second kappa shape index (κ2) is 11.4. The standard InChI is InChI=1S/C18H22N4.2HI/c1-4-11-20-21-18(19)22(16-9-5-7-14(2)12-16)17-10-6-8-15(3)13-17;;/h5-13H,4H2,1-3H3,(H2,19,21);2*1H. The van der Waals surface area contributed by atoms with Gasteiger partial charge in [-0.1, -0.05) is 31.2 Å². The lowest BCUT2D eigenvalue weighted by atomic mass is 10.1. The van der Waals surface area contributed by atoms with Crippen LogP contribution in [-0.2, 0) is 0 Å². The minimum absolute atomic E-state index is 0. The van der Waals surface area contributed by atoms with Gasteiger partial charge < -0.3 is 5.73 Å². The number of benzene rings is 2. The maximum Gasteiger partial charge on any atom is 0.225 e. The molecule has 0 aliphatic heterocycles. The molecule has 0 saturated carbocycles. The highest BCUT2D eigenvalue weighted by Gasteiger charge is 2.14. The highest BCUT2D eigenvalue weighted by atomic mass is 127. The molecule has 0 bridgehead atoms. The molecule has 2 rings (SSSR count). The van der Waals surface area contributed by atoms with Crippen LogP contribution in [0.25, 0.3) is 0 Å². The molecule has 0 unspecified atom stereocenters. The molecule has 0 aromatic heterocycles. The monoisotopic (exact) mass is 550 g/mol. The number of anilines is 2. The molecule has 24 heavy (non-hydrogen) atoms. The number of nitrogens with two attached hydrogens (primary N) is 1. The Kier molecular flexibility index (Phi) is 10.9. The molecule has 0 heterocycles. The predicted octanol–water partition coefficient (Wildman–Crippen LogP) is 5.39. The van der Waals surface area contributed by atoms with Gasteiger partial charge in [-0.05, 0) is 55.7 Å². The van der Waals surface area contributed by atoms with Gasteiger partial charge in [0.1, 0.15) is 0 Å². The third kappa shape index (κ3) is 6.39. The van der Waals surface area contributed by atoms with E-state index in [4.69, 9.17) is 5.73 Å². The first-order chi connectivity index (χ1) is 10.6. The van der Waals surface area contributed by atoms with Gasteiger partial charge in [0.25, 0.3) is 0 Å². The van der Waals surface area contributed by atoms with E-state index >= 15 is 0 Å². The molecule has 0 aliphatic rings. The lowest BCUT2D eigenvalue weighted by molar-refractivity contribution is 1.15. The molecule has 2 aromatic rings. The van der Waals surface area contributed by atoms with Gasteiger partial charge in [0, 0.05) is 17.6 Å². The van der Waals surface area contributed by atoms with Crippen LogP contribution in [0, 0.1) is 13.8 Å². The minimum Gasteiger partial charge on any atom is -0.368 e. The van der Waals surface area contributed by atoms with Crippen LogP contribution >= 0.6 is 48.0 Å². The molecule has 0 fully saturated rings. The average molecular weight is 550 g/mol. The molecular weight excluding hydrogens is 526 g/mol. The molecule has 2 N–H and O–H groups in total. The zero-order valence-corrected chi connectivity index (χ0v) is 18.8. The second-order valence-electron chi connectivity index (χ2n) is 5.18. The van der Waals surface area contributed by atoms with Crippen molar-refractivity contribution in [2.75, 3.05) is 4.90 Å². The number of hydrogen-bond acceptors (Lipinski definition) is 2. The summed E-state index contributed by atoms with van der Waals surface area (Å²) in [5.74, 6) is 0.348. The van der Waals surface area contributed by atoms with E-state index < -0.39 is 0 Å². The molecular formula is C18H24I2N4. The number of rotatable bonds is 4. The Morgan fingerprint density at radius 1 is 1.00 bits per heavy atom. The van der Waals surface area contributed by atoms with Gasteiger partial charge in [-0.25, -0.2) is 0 Å². The summed E-state index contributed by atoms with van der Waals surface area (Å²) in [7, 11) is 0. The summed E-state index contributed by atoms with van der Waals surface area (Å²) in [4.78, 5) is 1.91. The average Bonchev–Trinajstić information content (AvgIpc) is 2.48. The molecule has 0 radical (unpaired) electrons. The Hall–Kier alpha value is -1.16. The Bertz CT molecular complexity index is 653. The van der Waals surface area contributed by atoms with E-state index in [0.717, 1.165) is 17.8 Å². The molecule has 0 aliphatic carbocycles. The van der Waals surface area contributed by atoms with Gasteiger partial charge in [-0.15, -0.1) is 53.1 Å². The number of halogens is 2. The summed E-state index contributed by atoms with van der Waals surface area (Å²) in [6.45, 7) is 6.12. The number of nitrogens with zero attached hydrogens (tertiary/aromatic N) is 3. The van der Waals surface area contributed by atoms with Crippen LogP contribution in [0.5, 0.6) is 0 Å². The van der Waals surface area contributed by atoms with E-state index in [9.17, 15) is 0 Å². The first kappa shape index (κ1) is 22.8. The van der Waals surface area contributed by atoms with E-state index in [1.54, 1.807) is 6.21 Å². The quantitative estimate of drug-likeness (QED) is 0.241. The fourth-order valence-electron chi connectivity index (χ4n) is 2.17. The zero-order chi connectivity index (χ0) is 15.9. The third-order valence-electron chi connectivity index (χ3n) is 3.17. The second-order valence-corrected chi connectivity index (χ2v) is 5.18. The van der Waals surface area contributed by atoms with Crippen molar-refractivity contribution >= 4 is 71.5 Å². The summed E-state index contributed by atoms with van der Waals surface area (Å²) in [5.41, 5.74) is 10.5. The molecule has 4 nitrogen and oxygen atoms in total. The zero-order valence-electron chi connectivity index (χ0n) is 14.1. The van der Waals surface area contributed by atoms with Crippen LogP contribution in [0.3, 0.4) is 0 Å². The van der Waals surface area contributed by atoms with Crippen LogP contribution < -0.4 is 10.6 Å². The van der Waals surface area contributed by atoms with Crippen molar-refractivity contribution in [1.82, 2.24) is 0 Å². The van der Waals surface area contributed by atoms with Crippen molar-refractivity contribution < 1.29 is 0 Å². The molecule has 0 atom stereocenters. The first-order valence-electron chi connectivity index (χ1n) is 7.40. The summed E-state index contributed by atoms with van der Waals surface area (Å²) >= 11 is 0. The SMILES string of the molecule is CCC=NN=C(N)N(c1cccc(C)c1)c1cccc(C)c1.I.I. The van der Waals surface area contributed by atoms with Crippen molar-refractivity contribution in [2.24, 2.45) is 15.9 Å². The molecule has 0 spiro atoms. The van der Waals surface area contributed by atoms with Gasteiger partial charge >= 0.3 is 0 Å². The normalized spacial score (nSPS) is 10.9. The Morgan fingerprint density at radius 3 is 1.92 bits per heavy atom. The van der Waals surface area contributed by atoms with E-state index in [-0.39, 0.29) is 48.0 Å². The van der Waals surface area contributed by atoms with Gasteiger partial charge in [0.05, 0.1) is 0 Å².